The van der Waals surface area contributed by atoms with E-state index >= 15 is 0 Å². The van der Waals surface area contributed by atoms with Crippen LogP contribution in [0.3, 0.4) is 0 Å². The van der Waals surface area contributed by atoms with Crippen LogP contribution in [0.4, 0.5) is 4.39 Å². The molecule has 19 heavy (non-hydrogen) atoms. The minimum absolute atomic E-state index is 0.0683. The predicted molar refractivity (Wildman–Crippen MR) is 72.9 cm³/mol. The van der Waals surface area contributed by atoms with Crippen molar-refractivity contribution in [3.05, 3.63) is 58.9 Å². The van der Waals surface area contributed by atoms with Gasteiger partial charge in [-0.15, -0.1) is 0 Å². The molecule has 98 valence electrons. The SMILES string of the molecule is CC(C(=O)O)c1cccc(-c2ccc(Cl)c(F)c2)c1. The van der Waals surface area contributed by atoms with Crippen LogP contribution in [0.5, 0.6) is 0 Å². The Morgan fingerprint density at radius 3 is 2.53 bits per heavy atom. The van der Waals surface area contributed by atoms with Gasteiger partial charge in [0.2, 0.25) is 0 Å². The minimum Gasteiger partial charge on any atom is -0.481 e. The quantitative estimate of drug-likeness (QED) is 0.907. The van der Waals surface area contributed by atoms with Crippen LogP contribution in [0.2, 0.25) is 5.02 Å². The molecule has 1 N–H and O–H groups in total. The van der Waals surface area contributed by atoms with Crippen LogP contribution in [0.1, 0.15) is 18.4 Å². The van der Waals surface area contributed by atoms with Crippen molar-refractivity contribution in [3.63, 3.8) is 0 Å². The van der Waals surface area contributed by atoms with E-state index < -0.39 is 17.7 Å². The normalized spacial score (nSPS) is 12.2. The fraction of sp³-hybridized carbons (Fsp3) is 0.133. The number of rotatable bonds is 3. The number of hydrogen-bond acceptors (Lipinski definition) is 1. The first-order valence-corrected chi connectivity index (χ1v) is 6.15. The maximum Gasteiger partial charge on any atom is 0.310 e. The van der Waals surface area contributed by atoms with Gasteiger partial charge in [-0.2, -0.15) is 0 Å². The van der Waals surface area contributed by atoms with E-state index in [1.807, 2.05) is 0 Å². The van der Waals surface area contributed by atoms with Gasteiger partial charge in [-0.05, 0) is 35.7 Å². The first-order valence-electron chi connectivity index (χ1n) is 5.77. The molecule has 0 aliphatic rings. The second-order valence-corrected chi connectivity index (χ2v) is 4.72. The maximum atomic E-state index is 13.4. The Morgan fingerprint density at radius 1 is 1.21 bits per heavy atom. The van der Waals surface area contributed by atoms with Crippen LogP contribution in [-0.4, -0.2) is 11.1 Å². The standard InChI is InChI=1S/C15H12ClFO2/c1-9(15(18)19)10-3-2-4-11(7-10)12-5-6-13(16)14(17)8-12/h2-9H,1H3,(H,18,19). The van der Waals surface area contributed by atoms with Gasteiger partial charge in [-0.25, -0.2) is 4.39 Å². The molecule has 0 heterocycles. The van der Waals surface area contributed by atoms with Crippen molar-refractivity contribution in [1.29, 1.82) is 0 Å². The zero-order valence-electron chi connectivity index (χ0n) is 10.2. The molecule has 0 radical (unpaired) electrons. The lowest BCUT2D eigenvalue weighted by atomic mass is 9.96. The number of aliphatic carboxylic acids is 1. The molecule has 1 unspecified atom stereocenters. The first-order chi connectivity index (χ1) is 8.99. The molecule has 0 aromatic heterocycles. The number of carbonyl (C=O) groups is 1. The summed E-state index contributed by atoms with van der Waals surface area (Å²) >= 11 is 5.64. The molecule has 0 saturated heterocycles. The molecule has 2 nitrogen and oxygen atoms in total. The van der Waals surface area contributed by atoms with Crippen LogP contribution in [0, 0.1) is 5.82 Å². The Bertz CT molecular complexity index is 625. The molecule has 2 rings (SSSR count). The molecular weight excluding hydrogens is 267 g/mol. The summed E-state index contributed by atoms with van der Waals surface area (Å²) in [5.41, 5.74) is 2.11. The van der Waals surface area contributed by atoms with E-state index in [1.165, 1.54) is 12.1 Å². The molecule has 0 amide bonds. The van der Waals surface area contributed by atoms with E-state index in [4.69, 9.17) is 16.7 Å². The summed E-state index contributed by atoms with van der Waals surface area (Å²) in [6, 6.07) is 11.6. The fourth-order valence-electron chi connectivity index (χ4n) is 1.81. The van der Waals surface area contributed by atoms with Gasteiger partial charge in [0.1, 0.15) is 5.82 Å². The smallest absolute Gasteiger partial charge is 0.310 e. The number of hydrogen-bond donors (Lipinski definition) is 1. The van der Waals surface area contributed by atoms with Gasteiger partial charge >= 0.3 is 5.97 Å². The molecule has 0 bridgehead atoms. The van der Waals surface area contributed by atoms with Gasteiger partial charge < -0.3 is 5.11 Å². The van der Waals surface area contributed by atoms with Crippen LogP contribution in [0.15, 0.2) is 42.5 Å². The summed E-state index contributed by atoms with van der Waals surface area (Å²) in [5, 5.41) is 9.07. The molecule has 2 aromatic rings. The highest BCUT2D eigenvalue weighted by Crippen LogP contribution is 2.27. The Hall–Kier alpha value is -1.87. The highest BCUT2D eigenvalue weighted by molar-refractivity contribution is 6.30. The molecule has 0 saturated carbocycles. The third kappa shape index (κ3) is 2.93. The van der Waals surface area contributed by atoms with Crippen molar-refractivity contribution in [2.75, 3.05) is 0 Å². The number of benzene rings is 2. The summed E-state index contributed by atoms with van der Waals surface area (Å²) in [6.45, 7) is 1.61. The second-order valence-electron chi connectivity index (χ2n) is 4.31. The van der Waals surface area contributed by atoms with E-state index in [1.54, 1.807) is 37.3 Å². The topological polar surface area (TPSA) is 37.3 Å². The Kier molecular flexibility index (Phi) is 3.86. The monoisotopic (exact) mass is 278 g/mol. The third-order valence-corrected chi connectivity index (χ3v) is 3.32. The Morgan fingerprint density at radius 2 is 1.89 bits per heavy atom. The van der Waals surface area contributed by atoms with Gasteiger partial charge in [-0.3, -0.25) is 4.79 Å². The van der Waals surface area contributed by atoms with Gasteiger partial charge in [0.05, 0.1) is 10.9 Å². The van der Waals surface area contributed by atoms with Crippen molar-refractivity contribution in [2.24, 2.45) is 0 Å². The van der Waals surface area contributed by atoms with Crippen molar-refractivity contribution < 1.29 is 14.3 Å². The summed E-state index contributed by atoms with van der Waals surface area (Å²) in [7, 11) is 0. The molecule has 0 spiro atoms. The summed E-state index contributed by atoms with van der Waals surface area (Å²) < 4.78 is 13.4. The highest BCUT2D eigenvalue weighted by Gasteiger charge is 2.14. The Balaban J connectivity index is 2.43. The van der Waals surface area contributed by atoms with E-state index in [-0.39, 0.29) is 5.02 Å². The van der Waals surface area contributed by atoms with Crippen molar-refractivity contribution in [3.8, 4) is 11.1 Å². The second kappa shape index (κ2) is 5.41. The molecular formula is C15H12ClFO2. The van der Waals surface area contributed by atoms with Crippen LogP contribution in [-0.2, 0) is 4.79 Å². The van der Waals surface area contributed by atoms with E-state index in [0.717, 1.165) is 5.56 Å². The zero-order chi connectivity index (χ0) is 14.0. The Labute approximate surface area is 115 Å². The summed E-state index contributed by atoms with van der Waals surface area (Å²) in [4.78, 5) is 11.0. The molecule has 1 atom stereocenters. The minimum atomic E-state index is -0.889. The average Bonchev–Trinajstić information content (AvgIpc) is 2.41. The summed E-state index contributed by atoms with van der Waals surface area (Å²) in [6.07, 6.45) is 0. The third-order valence-electron chi connectivity index (χ3n) is 3.01. The molecule has 2 aromatic carbocycles. The molecule has 0 fully saturated rings. The van der Waals surface area contributed by atoms with E-state index in [2.05, 4.69) is 0 Å². The lowest BCUT2D eigenvalue weighted by Gasteiger charge is -2.09. The number of carboxylic acids is 1. The average molecular weight is 279 g/mol. The first kappa shape index (κ1) is 13.6. The molecule has 0 aliphatic carbocycles. The van der Waals surface area contributed by atoms with Crippen molar-refractivity contribution >= 4 is 17.6 Å². The van der Waals surface area contributed by atoms with Gasteiger partial charge in [0.15, 0.2) is 0 Å². The van der Waals surface area contributed by atoms with E-state index in [9.17, 15) is 9.18 Å². The van der Waals surface area contributed by atoms with Crippen molar-refractivity contribution in [1.82, 2.24) is 0 Å². The zero-order valence-corrected chi connectivity index (χ0v) is 11.0. The lowest BCUT2D eigenvalue weighted by Crippen LogP contribution is -2.07. The molecule has 4 heteroatoms. The van der Waals surface area contributed by atoms with Crippen LogP contribution < -0.4 is 0 Å². The van der Waals surface area contributed by atoms with Gasteiger partial charge in [-0.1, -0.05) is 41.9 Å². The number of halogens is 2. The van der Waals surface area contributed by atoms with E-state index in [0.29, 0.717) is 11.1 Å². The largest absolute Gasteiger partial charge is 0.481 e. The lowest BCUT2D eigenvalue weighted by molar-refractivity contribution is -0.138. The van der Waals surface area contributed by atoms with Gasteiger partial charge in [0, 0.05) is 0 Å². The van der Waals surface area contributed by atoms with Crippen LogP contribution in [0.25, 0.3) is 11.1 Å². The highest BCUT2D eigenvalue weighted by atomic mass is 35.5. The van der Waals surface area contributed by atoms with Crippen LogP contribution >= 0.6 is 11.6 Å². The number of carboxylic acid groups (broad SMARTS) is 1. The predicted octanol–water partition coefficient (Wildman–Crippen LogP) is 4.33. The molecule has 0 aliphatic heterocycles. The van der Waals surface area contributed by atoms with Gasteiger partial charge in [0.25, 0.3) is 0 Å². The van der Waals surface area contributed by atoms with Crippen molar-refractivity contribution in [2.45, 2.75) is 12.8 Å². The summed E-state index contributed by atoms with van der Waals surface area (Å²) in [5.74, 6) is -1.98. The fourth-order valence-corrected chi connectivity index (χ4v) is 1.92. The maximum absolute atomic E-state index is 13.4.